The van der Waals surface area contributed by atoms with E-state index in [2.05, 4.69) is 84.4 Å². The molecule has 0 aliphatic carbocycles. The van der Waals surface area contributed by atoms with Gasteiger partial charge in [0, 0.05) is 53.1 Å². The fourth-order valence-electron chi connectivity index (χ4n) is 4.47. The standard InChI is InChI=1S/C27H21N5S2/c1-2-12-30-23(6-1)27-25(21-5-3-11-29-17-21)26(20-8-13-28-14-9-20)31(22-10-16-33-18-22)19-32(27)24-7-4-15-34-24/h1-18,27H,19H2. The number of anilines is 2. The molecule has 1 aliphatic rings. The van der Waals surface area contributed by atoms with Crippen LogP contribution in [0.5, 0.6) is 0 Å². The minimum Gasteiger partial charge on any atom is -0.333 e. The first-order valence-electron chi connectivity index (χ1n) is 11.0. The van der Waals surface area contributed by atoms with Gasteiger partial charge in [0.25, 0.3) is 0 Å². The Kier molecular flexibility index (Phi) is 5.63. The van der Waals surface area contributed by atoms with Crippen molar-refractivity contribution in [3.05, 3.63) is 125 Å². The van der Waals surface area contributed by atoms with Crippen LogP contribution < -0.4 is 9.80 Å². The number of rotatable bonds is 5. The third kappa shape index (κ3) is 3.79. The third-order valence-corrected chi connectivity index (χ3v) is 7.48. The molecule has 0 bridgehead atoms. The van der Waals surface area contributed by atoms with Crippen LogP contribution in [-0.2, 0) is 0 Å². The molecule has 5 aromatic heterocycles. The van der Waals surface area contributed by atoms with Crippen LogP contribution in [0.15, 0.2) is 108 Å². The highest BCUT2D eigenvalue weighted by Crippen LogP contribution is 2.48. The molecule has 166 valence electrons. The van der Waals surface area contributed by atoms with E-state index in [1.807, 2.05) is 43.1 Å². The van der Waals surface area contributed by atoms with Crippen LogP contribution >= 0.6 is 22.7 Å². The molecule has 5 aromatic rings. The third-order valence-electron chi connectivity index (χ3n) is 5.91. The Hall–Kier alpha value is -3.81. The van der Waals surface area contributed by atoms with Gasteiger partial charge in [0.1, 0.15) is 6.04 Å². The fourth-order valence-corrected chi connectivity index (χ4v) is 5.86. The van der Waals surface area contributed by atoms with Gasteiger partial charge >= 0.3 is 0 Å². The zero-order chi connectivity index (χ0) is 22.7. The van der Waals surface area contributed by atoms with E-state index in [1.165, 1.54) is 16.3 Å². The van der Waals surface area contributed by atoms with E-state index in [0.717, 1.165) is 22.5 Å². The molecule has 5 nitrogen and oxygen atoms in total. The monoisotopic (exact) mass is 479 g/mol. The summed E-state index contributed by atoms with van der Waals surface area (Å²) in [6.45, 7) is 0.694. The maximum absolute atomic E-state index is 4.83. The van der Waals surface area contributed by atoms with Gasteiger partial charge < -0.3 is 9.80 Å². The zero-order valence-electron chi connectivity index (χ0n) is 18.2. The van der Waals surface area contributed by atoms with E-state index in [9.17, 15) is 0 Å². The quantitative estimate of drug-likeness (QED) is 0.285. The highest BCUT2D eigenvalue weighted by Gasteiger charge is 2.38. The highest BCUT2D eigenvalue weighted by atomic mass is 32.1. The Morgan fingerprint density at radius 3 is 2.44 bits per heavy atom. The highest BCUT2D eigenvalue weighted by molar-refractivity contribution is 7.14. The first-order chi connectivity index (χ1) is 16.9. The van der Waals surface area contributed by atoms with E-state index in [4.69, 9.17) is 4.98 Å². The van der Waals surface area contributed by atoms with Crippen molar-refractivity contribution in [1.29, 1.82) is 0 Å². The first kappa shape index (κ1) is 20.8. The molecule has 0 saturated heterocycles. The maximum Gasteiger partial charge on any atom is 0.102 e. The lowest BCUT2D eigenvalue weighted by molar-refractivity contribution is 0.702. The van der Waals surface area contributed by atoms with Gasteiger partial charge in [-0.15, -0.1) is 11.3 Å². The number of hydrogen-bond donors (Lipinski definition) is 0. The van der Waals surface area contributed by atoms with Crippen LogP contribution in [0.2, 0.25) is 0 Å². The number of pyridine rings is 3. The summed E-state index contributed by atoms with van der Waals surface area (Å²) >= 11 is 3.45. The Morgan fingerprint density at radius 1 is 0.794 bits per heavy atom. The van der Waals surface area contributed by atoms with Gasteiger partial charge in [0.2, 0.25) is 0 Å². The summed E-state index contributed by atoms with van der Waals surface area (Å²) in [5.41, 5.74) is 6.69. The number of thiophene rings is 2. The summed E-state index contributed by atoms with van der Waals surface area (Å²) in [5.74, 6) is 0. The molecule has 6 rings (SSSR count). The summed E-state index contributed by atoms with van der Waals surface area (Å²) in [6, 6.07) is 20.9. The SMILES string of the molecule is c1ccc(C2C(c3cccnc3)=C(c3ccncc3)N(c3ccsc3)CN2c2cccs2)nc1. The predicted octanol–water partition coefficient (Wildman–Crippen LogP) is 6.59. The summed E-state index contributed by atoms with van der Waals surface area (Å²) in [4.78, 5) is 18.5. The minimum atomic E-state index is -0.0814. The lowest BCUT2D eigenvalue weighted by atomic mass is 9.88. The normalized spacial score (nSPS) is 16.2. The summed E-state index contributed by atoms with van der Waals surface area (Å²) in [5, 5.41) is 7.66. The molecule has 1 aliphatic heterocycles. The molecule has 0 aromatic carbocycles. The second-order valence-electron chi connectivity index (χ2n) is 7.87. The van der Waals surface area contributed by atoms with Gasteiger partial charge in [-0.2, -0.15) is 11.3 Å². The summed E-state index contributed by atoms with van der Waals surface area (Å²) in [7, 11) is 0. The molecular formula is C27H21N5S2. The van der Waals surface area contributed by atoms with Crippen molar-refractivity contribution in [2.75, 3.05) is 16.5 Å². The van der Waals surface area contributed by atoms with Crippen molar-refractivity contribution in [3.8, 4) is 0 Å². The molecule has 0 radical (unpaired) electrons. The molecule has 0 amide bonds. The van der Waals surface area contributed by atoms with Gasteiger partial charge in [0.15, 0.2) is 0 Å². The molecule has 1 atom stereocenters. The fraction of sp³-hybridized carbons (Fsp3) is 0.0741. The molecule has 6 heterocycles. The van der Waals surface area contributed by atoms with Crippen LogP contribution in [0.4, 0.5) is 10.7 Å². The molecule has 7 heteroatoms. The average molecular weight is 480 g/mol. The van der Waals surface area contributed by atoms with Crippen LogP contribution in [0.25, 0.3) is 11.3 Å². The minimum absolute atomic E-state index is 0.0814. The smallest absolute Gasteiger partial charge is 0.102 e. The van der Waals surface area contributed by atoms with Crippen molar-refractivity contribution in [2.45, 2.75) is 6.04 Å². The van der Waals surface area contributed by atoms with Gasteiger partial charge in [0.05, 0.1) is 28.7 Å². The predicted molar refractivity (Wildman–Crippen MR) is 141 cm³/mol. The van der Waals surface area contributed by atoms with Gasteiger partial charge in [-0.05, 0) is 59.3 Å². The van der Waals surface area contributed by atoms with Crippen LogP contribution in [0, 0.1) is 0 Å². The summed E-state index contributed by atoms with van der Waals surface area (Å²) < 4.78 is 0. The largest absolute Gasteiger partial charge is 0.333 e. The lowest BCUT2D eigenvalue weighted by Crippen LogP contribution is -2.45. The molecule has 1 unspecified atom stereocenters. The number of hydrogen-bond acceptors (Lipinski definition) is 7. The summed E-state index contributed by atoms with van der Waals surface area (Å²) in [6.07, 6.45) is 9.37. The molecule has 0 spiro atoms. The van der Waals surface area contributed by atoms with Crippen molar-refractivity contribution >= 4 is 44.6 Å². The van der Waals surface area contributed by atoms with Gasteiger partial charge in [-0.3, -0.25) is 15.0 Å². The van der Waals surface area contributed by atoms with Crippen LogP contribution in [-0.4, -0.2) is 21.6 Å². The van der Waals surface area contributed by atoms with E-state index >= 15 is 0 Å². The number of aromatic nitrogens is 3. The van der Waals surface area contributed by atoms with E-state index in [1.54, 1.807) is 22.7 Å². The lowest BCUT2D eigenvalue weighted by Gasteiger charge is -2.45. The van der Waals surface area contributed by atoms with Gasteiger partial charge in [-0.25, -0.2) is 0 Å². The second-order valence-corrected chi connectivity index (χ2v) is 9.58. The van der Waals surface area contributed by atoms with E-state index < -0.39 is 0 Å². The van der Waals surface area contributed by atoms with Crippen molar-refractivity contribution < 1.29 is 0 Å². The van der Waals surface area contributed by atoms with E-state index in [-0.39, 0.29) is 6.04 Å². The maximum atomic E-state index is 4.83. The average Bonchev–Trinajstić information content (AvgIpc) is 3.64. The molecule has 34 heavy (non-hydrogen) atoms. The Bertz CT molecular complexity index is 1370. The first-order valence-corrected chi connectivity index (χ1v) is 12.8. The Balaban J connectivity index is 1.69. The van der Waals surface area contributed by atoms with E-state index in [0.29, 0.717) is 6.67 Å². The number of nitrogens with zero attached hydrogens (tertiary/aromatic N) is 5. The second kappa shape index (κ2) is 9.21. The van der Waals surface area contributed by atoms with Crippen molar-refractivity contribution in [1.82, 2.24) is 15.0 Å². The van der Waals surface area contributed by atoms with Crippen LogP contribution in [0.3, 0.4) is 0 Å². The zero-order valence-corrected chi connectivity index (χ0v) is 19.9. The molecule has 0 saturated carbocycles. The topological polar surface area (TPSA) is 45.2 Å². The van der Waals surface area contributed by atoms with Crippen LogP contribution in [0.1, 0.15) is 22.9 Å². The van der Waals surface area contributed by atoms with Crippen molar-refractivity contribution in [3.63, 3.8) is 0 Å². The van der Waals surface area contributed by atoms with Crippen molar-refractivity contribution in [2.24, 2.45) is 0 Å². The van der Waals surface area contributed by atoms with Gasteiger partial charge in [-0.1, -0.05) is 12.1 Å². The molecule has 0 fully saturated rings. The molecular weight excluding hydrogens is 458 g/mol. The Labute approximate surface area is 206 Å². The molecule has 0 N–H and O–H groups in total. The Morgan fingerprint density at radius 2 is 1.74 bits per heavy atom.